The molecule has 78 heavy (non-hydrogen) atoms. The van der Waals surface area contributed by atoms with E-state index in [1.165, 1.54) is 167 Å². The van der Waals surface area contributed by atoms with Crippen LogP contribution in [-0.2, 0) is 19.1 Å². The predicted octanol–water partition coefficient (Wildman–Crippen LogP) is 22.8. The Morgan fingerprint density at radius 1 is 0.308 bits per heavy atom. The molecular formula is C73H122O5. The molecule has 0 aliphatic carbocycles. The number of carbonyl (C=O) groups excluding carboxylic acids is 2. The SMILES string of the molecule is CC/C=C\C/C=C\C/C=C\C/C=C\C/C=C\C/C=C\C/C=C\C/C=C\CCCCCCCCCCCCCCCCC(=O)OC(CO)COC(=O)CCCCCCCCCCCC/C=C\C/C=C\C/C=C\CCCCCCC. The molecule has 0 spiro atoms. The molecule has 0 saturated heterocycles. The zero-order valence-corrected chi connectivity index (χ0v) is 50.9. The Balaban J connectivity index is 3.52. The van der Waals surface area contributed by atoms with Gasteiger partial charge in [-0.15, -0.1) is 0 Å². The molecule has 444 valence electrons. The van der Waals surface area contributed by atoms with Crippen LogP contribution in [0.15, 0.2) is 134 Å². The summed E-state index contributed by atoms with van der Waals surface area (Å²) in [5.74, 6) is -0.594. The second kappa shape index (κ2) is 67.3. The Labute approximate surface area is 483 Å². The van der Waals surface area contributed by atoms with Gasteiger partial charge in [0.1, 0.15) is 6.61 Å². The lowest BCUT2D eigenvalue weighted by molar-refractivity contribution is -0.161. The molecule has 0 fully saturated rings. The lowest BCUT2D eigenvalue weighted by Gasteiger charge is -2.15. The molecule has 0 aliphatic rings. The summed E-state index contributed by atoms with van der Waals surface area (Å²) in [5.41, 5.74) is 0. The van der Waals surface area contributed by atoms with Crippen molar-refractivity contribution in [3.8, 4) is 0 Å². The van der Waals surface area contributed by atoms with Gasteiger partial charge < -0.3 is 14.6 Å². The molecule has 5 nitrogen and oxygen atoms in total. The maximum Gasteiger partial charge on any atom is 0.306 e. The van der Waals surface area contributed by atoms with E-state index in [2.05, 4.69) is 148 Å². The van der Waals surface area contributed by atoms with Crippen molar-refractivity contribution in [1.82, 2.24) is 0 Å². The van der Waals surface area contributed by atoms with Crippen molar-refractivity contribution in [2.24, 2.45) is 0 Å². The number of carbonyl (C=O) groups is 2. The van der Waals surface area contributed by atoms with Crippen LogP contribution < -0.4 is 0 Å². The zero-order valence-electron chi connectivity index (χ0n) is 50.9. The standard InChI is InChI=1S/C73H122O5/c1-3-5-7-9-11-13-15-17-19-21-23-25-27-29-30-31-32-33-34-35-36-37-38-39-40-41-42-44-46-48-50-52-54-56-58-60-62-64-66-68-73(76)78-71(69-74)70-77-72(75)67-65-63-61-59-57-55-53-51-49-47-45-43-28-26-24-22-20-18-16-14-12-10-8-6-4-2/h5,7,11,13,16-19,22-25,28-30,32-33,35-36,38-39,43,71,74H,3-4,6,8-10,12,14-15,20-21,26-27,31,34,37,40-42,44-70H2,1-2H3/b7-5-,13-11-,18-16-,19-17-,24-22-,25-23-,30-29-,33-32-,36-35-,39-38-,43-28-. The molecule has 0 aliphatic heterocycles. The van der Waals surface area contributed by atoms with Gasteiger partial charge in [-0.1, -0.05) is 302 Å². The second-order valence-electron chi connectivity index (χ2n) is 21.5. The number of aliphatic hydroxyl groups is 1. The monoisotopic (exact) mass is 1080 g/mol. The van der Waals surface area contributed by atoms with Gasteiger partial charge in [-0.25, -0.2) is 0 Å². The Morgan fingerprint density at radius 3 is 0.833 bits per heavy atom. The number of allylic oxidation sites excluding steroid dienone is 22. The van der Waals surface area contributed by atoms with E-state index in [1.54, 1.807) is 0 Å². The number of esters is 2. The van der Waals surface area contributed by atoms with Crippen molar-refractivity contribution in [2.45, 2.75) is 302 Å². The maximum atomic E-state index is 12.4. The van der Waals surface area contributed by atoms with E-state index in [1.807, 2.05) is 0 Å². The highest BCUT2D eigenvalue weighted by Crippen LogP contribution is 2.16. The van der Waals surface area contributed by atoms with Crippen molar-refractivity contribution in [1.29, 1.82) is 0 Å². The lowest BCUT2D eigenvalue weighted by atomic mass is 10.0. The van der Waals surface area contributed by atoms with Crippen LogP contribution in [0.4, 0.5) is 0 Å². The van der Waals surface area contributed by atoms with Gasteiger partial charge in [-0.3, -0.25) is 9.59 Å². The van der Waals surface area contributed by atoms with Crippen molar-refractivity contribution in [2.75, 3.05) is 13.2 Å². The number of rotatable bonds is 59. The molecule has 0 bridgehead atoms. The zero-order chi connectivity index (χ0) is 56.2. The van der Waals surface area contributed by atoms with E-state index < -0.39 is 6.10 Å². The van der Waals surface area contributed by atoms with Crippen LogP contribution >= 0.6 is 0 Å². The van der Waals surface area contributed by atoms with Crippen LogP contribution in [0.1, 0.15) is 296 Å². The Kier molecular flexibility index (Phi) is 63.9. The number of ether oxygens (including phenoxy) is 2. The van der Waals surface area contributed by atoms with Crippen LogP contribution in [0.3, 0.4) is 0 Å². The summed E-state index contributed by atoms with van der Waals surface area (Å²) < 4.78 is 10.7. The average molecular weight is 1080 g/mol. The first-order valence-electron chi connectivity index (χ1n) is 32.7. The van der Waals surface area contributed by atoms with Gasteiger partial charge >= 0.3 is 11.9 Å². The first-order valence-corrected chi connectivity index (χ1v) is 32.7. The number of unbranched alkanes of at least 4 members (excludes halogenated alkanes) is 29. The minimum absolute atomic E-state index is 0.0727. The molecule has 0 rings (SSSR count). The summed E-state index contributed by atoms with van der Waals surface area (Å²) in [5, 5.41) is 9.69. The first kappa shape index (κ1) is 74.0. The van der Waals surface area contributed by atoms with E-state index in [-0.39, 0.29) is 25.2 Å². The normalized spacial score (nSPS) is 13.1. The Morgan fingerprint density at radius 2 is 0.551 bits per heavy atom. The van der Waals surface area contributed by atoms with Gasteiger partial charge in [0.05, 0.1) is 6.61 Å². The largest absolute Gasteiger partial charge is 0.462 e. The van der Waals surface area contributed by atoms with Gasteiger partial charge in [-0.05, 0) is 116 Å². The summed E-state index contributed by atoms with van der Waals surface area (Å²) in [4.78, 5) is 24.6. The quantitative estimate of drug-likeness (QED) is 0.0373. The maximum absolute atomic E-state index is 12.4. The van der Waals surface area contributed by atoms with E-state index in [0.29, 0.717) is 12.8 Å². The van der Waals surface area contributed by atoms with Crippen LogP contribution in [0, 0.1) is 0 Å². The molecule has 1 N–H and O–H groups in total. The summed E-state index contributed by atoms with van der Waals surface area (Å²) >= 11 is 0. The highest BCUT2D eigenvalue weighted by Gasteiger charge is 2.16. The van der Waals surface area contributed by atoms with Crippen molar-refractivity contribution < 1.29 is 24.2 Å². The molecular weight excluding hydrogens is 957 g/mol. The highest BCUT2D eigenvalue weighted by molar-refractivity contribution is 5.70. The van der Waals surface area contributed by atoms with E-state index in [9.17, 15) is 14.7 Å². The summed E-state index contributed by atoms with van der Waals surface area (Å²) in [6.07, 6.45) is 100. The molecule has 0 amide bonds. The minimum atomic E-state index is -0.783. The number of aliphatic hydroxyl groups excluding tert-OH is 1. The third-order valence-corrected chi connectivity index (χ3v) is 13.9. The van der Waals surface area contributed by atoms with E-state index in [0.717, 1.165) is 103 Å². The summed E-state index contributed by atoms with van der Waals surface area (Å²) in [6, 6.07) is 0. The summed E-state index contributed by atoms with van der Waals surface area (Å²) in [6.45, 7) is 4.03. The van der Waals surface area contributed by atoms with Crippen LogP contribution in [0.2, 0.25) is 0 Å². The van der Waals surface area contributed by atoms with Crippen molar-refractivity contribution in [3.63, 3.8) is 0 Å². The van der Waals surface area contributed by atoms with Gasteiger partial charge in [0.2, 0.25) is 0 Å². The topological polar surface area (TPSA) is 72.8 Å². The lowest BCUT2D eigenvalue weighted by Crippen LogP contribution is -2.28. The summed E-state index contributed by atoms with van der Waals surface area (Å²) in [7, 11) is 0. The van der Waals surface area contributed by atoms with Crippen LogP contribution in [0.5, 0.6) is 0 Å². The van der Waals surface area contributed by atoms with E-state index in [4.69, 9.17) is 9.47 Å². The number of hydrogen-bond donors (Lipinski definition) is 1. The fraction of sp³-hybridized carbons (Fsp3) is 0.671. The van der Waals surface area contributed by atoms with Gasteiger partial charge in [0.25, 0.3) is 0 Å². The van der Waals surface area contributed by atoms with E-state index >= 15 is 0 Å². The second-order valence-corrected chi connectivity index (χ2v) is 21.5. The van der Waals surface area contributed by atoms with Crippen molar-refractivity contribution in [3.05, 3.63) is 134 Å². The minimum Gasteiger partial charge on any atom is -0.462 e. The smallest absolute Gasteiger partial charge is 0.306 e. The van der Waals surface area contributed by atoms with Crippen molar-refractivity contribution >= 4 is 11.9 Å². The Bertz CT molecular complexity index is 1600. The number of hydrogen-bond acceptors (Lipinski definition) is 5. The van der Waals surface area contributed by atoms with Crippen LogP contribution in [0.25, 0.3) is 0 Å². The third kappa shape index (κ3) is 64.6. The molecule has 0 radical (unpaired) electrons. The predicted molar refractivity (Wildman–Crippen MR) is 343 cm³/mol. The Hall–Kier alpha value is -3.96. The molecule has 0 aromatic heterocycles. The first-order chi connectivity index (χ1) is 38.6. The molecule has 0 saturated carbocycles. The fourth-order valence-corrected chi connectivity index (χ4v) is 9.05. The molecule has 0 heterocycles. The average Bonchev–Trinajstić information content (AvgIpc) is 3.44. The molecule has 0 aromatic rings. The molecule has 1 atom stereocenters. The third-order valence-electron chi connectivity index (χ3n) is 13.9. The highest BCUT2D eigenvalue weighted by atomic mass is 16.6. The van der Waals surface area contributed by atoms with Gasteiger partial charge in [0, 0.05) is 12.8 Å². The molecule has 5 heteroatoms. The van der Waals surface area contributed by atoms with Gasteiger partial charge in [0.15, 0.2) is 6.10 Å². The fourth-order valence-electron chi connectivity index (χ4n) is 9.05. The van der Waals surface area contributed by atoms with Gasteiger partial charge in [-0.2, -0.15) is 0 Å². The van der Waals surface area contributed by atoms with Crippen LogP contribution in [-0.4, -0.2) is 36.4 Å². The molecule has 1 unspecified atom stereocenters. The molecule has 0 aromatic carbocycles.